The number of anilines is 1. The van der Waals surface area contributed by atoms with Crippen molar-refractivity contribution in [2.75, 3.05) is 5.32 Å². The van der Waals surface area contributed by atoms with Crippen molar-refractivity contribution >= 4 is 11.6 Å². The van der Waals surface area contributed by atoms with E-state index in [2.05, 4.69) is 10.3 Å². The molecule has 0 fully saturated rings. The normalized spacial score (nSPS) is 10.0. The molecule has 0 unspecified atom stereocenters. The number of hydrogen-bond acceptors (Lipinski definition) is 4. The smallest absolute Gasteiger partial charge is 0.260 e. The Morgan fingerprint density at radius 1 is 1.17 bits per heavy atom. The number of aromatic hydroxyl groups is 2. The monoisotopic (exact) mass is 246 g/mol. The number of nitrogens with one attached hydrogen (secondary N) is 2. The number of carbonyl (C=O) groups is 1. The van der Waals surface area contributed by atoms with E-state index in [4.69, 9.17) is 5.11 Å². The molecule has 0 saturated carbocycles. The van der Waals surface area contributed by atoms with Crippen LogP contribution in [0.5, 0.6) is 11.5 Å². The fourth-order valence-electron chi connectivity index (χ4n) is 1.39. The highest BCUT2D eigenvalue weighted by atomic mass is 16.3. The highest BCUT2D eigenvalue weighted by Crippen LogP contribution is 2.17. The Hall–Kier alpha value is -2.76. The van der Waals surface area contributed by atoms with Crippen LogP contribution in [0.15, 0.2) is 41.3 Å². The van der Waals surface area contributed by atoms with Crippen LogP contribution in [0, 0.1) is 0 Å². The van der Waals surface area contributed by atoms with Crippen LogP contribution in [0.1, 0.15) is 10.4 Å². The molecule has 0 saturated heterocycles. The third-order valence-corrected chi connectivity index (χ3v) is 2.27. The minimum Gasteiger partial charge on any atom is -0.508 e. The first-order chi connectivity index (χ1) is 8.56. The van der Waals surface area contributed by atoms with Crippen molar-refractivity contribution in [3.05, 3.63) is 52.4 Å². The molecule has 4 N–H and O–H groups in total. The standard InChI is InChI=1S/C12H10N2O4/c15-8-3-1-7(2-4-8)14-12(18)9-6-13-11(17)5-10(9)16/h1-6,15H,(H,14,18)(H2,13,16,17). The second-order valence-corrected chi connectivity index (χ2v) is 3.60. The third kappa shape index (κ3) is 2.49. The van der Waals surface area contributed by atoms with Gasteiger partial charge in [-0.05, 0) is 24.3 Å². The molecule has 0 aliphatic rings. The van der Waals surface area contributed by atoms with Crippen LogP contribution in [-0.2, 0) is 0 Å². The Kier molecular flexibility index (Phi) is 3.01. The number of hydrogen-bond donors (Lipinski definition) is 4. The number of rotatable bonds is 2. The molecular weight excluding hydrogens is 236 g/mol. The SMILES string of the molecule is O=C(Nc1ccc(O)cc1)c1c[nH]c(=O)cc1O. The summed E-state index contributed by atoms with van der Waals surface area (Å²) in [6.07, 6.45) is 1.13. The number of pyridine rings is 1. The summed E-state index contributed by atoms with van der Waals surface area (Å²) < 4.78 is 0. The average molecular weight is 246 g/mol. The highest BCUT2D eigenvalue weighted by molar-refractivity contribution is 6.05. The maximum absolute atomic E-state index is 11.8. The summed E-state index contributed by atoms with van der Waals surface area (Å²) in [4.78, 5) is 25.0. The van der Waals surface area contributed by atoms with Crippen LogP contribution in [0.3, 0.4) is 0 Å². The van der Waals surface area contributed by atoms with Gasteiger partial charge < -0.3 is 20.5 Å². The van der Waals surface area contributed by atoms with Crippen LogP contribution in [0.2, 0.25) is 0 Å². The topological polar surface area (TPSA) is 102 Å². The van der Waals surface area contributed by atoms with Gasteiger partial charge in [-0.1, -0.05) is 0 Å². The summed E-state index contributed by atoms with van der Waals surface area (Å²) in [6.45, 7) is 0. The van der Waals surface area contributed by atoms with E-state index in [0.29, 0.717) is 5.69 Å². The predicted molar refractivity (Wildman–Crippen MR) is 64.8 cm³/mol. The molecule has 0 atom stereocenters. The molecule has 1 heterocycles. The van der Waals surface area contributed by atoms with Gasteiger partial charge in [-0.25, -0.2) is 0 Å². The average Bonchev–Trinajstić information content (AvgIpc) is 2.32. The Labute approximate surface area is 102 Å². The molecule has 2 rings (SSSR count). The number of H-pyrrole nitrogens is 1. The zero-order valence-electron chi connectivity index (χ0n) is 9.18. The summed E-state index contributed by atoms with van der Waals surface area (Å²) in [5, 5.41) is 21.1. The summed E-state index contributed by atoms with van der Waals surface area (Å²) >= 11 is 0. The first-order valence-corrected chi connectivity index (χ1v) is 5.08. The number of phenols is 1. The van der Waals surface area contributed by atoms with Crippen molar-refractivity contribution in [2.45, 2.75) is 0 Å². The number of amides is 1. The lowest BCUT2D eigenvalue weighted by Crippen LogP contribution is -2.14. The minimum atomic E-state index is -0.561. The van der Waals surface area contributed by atoms with E-state index in [1.807, 2.05) is 0 Å². The van der Waals surface area contributed by atoms with E-state index in [1.54, 1.807) is 0 Å². The van der Waals surface area contributed by atoms with Crippen LogP contribution in [0.4, 0.5) is 5.69 Å². The molecule has 0 radical (unpaired) electrons. The van der Waals surface area contributed by atoms with E-state index in [-0.39, 0.29) is 11.3 Å². The van der Waals surface area contributed by atoms with Gasteiger partial charge in [0.05, 0.1) is 5.56 Å². The predicted octanol–water partition coefficient (Wildman–Crippen LogP) is 1.04. The molecule has 1 aromatic carbocycles. The van der Waals surface area contributed by atoms with Gasteiger partial charge in [0.15, 0.2) is 0 Å². The Balaban J connectivity index is 2.22. The molecular formula is C12H10N2O4. The number of phenolic OH excluding ortho intramolecular Hbond substituents is 1. The Morgan fingerprint density at radius 3 is 2.44 bits per heavy atom. The lowest BCUT2D eigenvalue weighted by molar-refractivity contribution is 0.102. The first-order valence-electron chi connectivity index (χ1n) is 5.08. The largest absolute Gasteiger partial charge is 0.508 e. The van der Waals surface area contributed by atoms with E-state index in [0.717, 1.165) is 12.3 Å². The number of benzene rings is 1. The zero-order chi connectivity index (χ0) is 13.1. The lowest BCUT2D eigenvalue weighted by Gasteiger charge is -2.06. The van der Waals surface area contributed by atoms with Crippen LogP contribution in [-0.4, -0.2) is 21.1 Å². The Bertz CT molecular complexity index is 631. The van der Waals surface area contributed by atoms with Crippen LogP contribution >= 0.6 is 0 Å². The first kappa shape index (κ1) is 11.7. The van der Waals surface area contributed by atoms with Crippen molar-refractivity contribution in [2.24, 2.45) is 0 Å². The van der Waals surface area contributed by atoms with Gasteiger partial charge >= 0.3 is 0 Å². The molecule has 1 amide bonds. The van der Waals surface area contributed by atoms with Crippen LogP contribution in [0.25, 0.3) is 0 Å². The second kappa shape index (κ2) is 4.62. The maximum Gasteiger partial charge on any atom is 0.260 e. The van der Waals surface area contributed by atoms with Gasteiger partial charge in [-0.3, -0.25) is 9.59 Å². The zero-order valence-corrected chi connectivity index (χ0v) is 9.18. The fraction of sp³-hybridized carbons (Fsp3) is 0. The molecule has 0 aliphatic carbocycles. The molecule has 1 aromatic heterocycles. The van der Waals surface area contributed by atoms with Crippen molar-refractivity contribution in [1.82, 2.24) is 4.98 Å². The molecule has 0 spiro atoms. The number of carbonyl (C=O) groups excluding carboxylic acids is 1. The molecule has 18 heavy (non-hydrogen) atoms. The molecule has 6 nitrogen and oxygen atoms in total. The van der Waals surface area contributed by atoms with Gasteiger partial charge in [0.1, 0.15) is 11.5 Å². The summed E-state index contributed by atoms with van der Waals surface area (Å²) in [7, 11) is 0. The molecule has 0 bridgehead atoms. The highest BCUT2D eigenvalue weighted by Gasteiger charge is 2.11. The lowest BCUT2D eigenvalue weighted by atomic mass is 10.2. The maximum atomic E-state index is 11.8. The van der Waals surface area contributed by atoms with E-state index in [1.165, 1.54) is 24.3 Å². The molecule has 0 aliphatic heterocycles. The summed E-state index contributed by atoms with van der Waals surface area (Å²) in [5.41, 5.74) is -0.0697. The van der Waals surface area contributed by atoms with Crippen molar-refractivity contribution in [3.63, 3.8) is 0 Å². The quantitative estimate of drug-likeness (QED) is 0.594. The van der Waals surface area contributed by atoms with Crippen LogP contribution < -0.4 is 10.9 Å². The van der Waals surface area contributed by atoms with Gasteiger partial charge in [-0.15, -0.1) is 0 Å². The van der Waals surface area contributed by atoms with E-state index in [9.17, 15) is 14.7 Å². The minimum absolute atomic E-state index is 0.0392. The van der Waals surface area contributed by atoms with Crippen molar-refractivity contribution in [1.29, 1.82) is 0 Å². The third-order valence-electron chi connectivity index (χ3n) is 2.27. The van der Waals surface area contributed by atoms with Gasteiger partial charge in [0, 0.05) is 18.0 Å². The molecule has 92 valence electrons. The summed E-state index contributed by atoms with van der Waals surface area (Å²) in [6, 6.07) is 6.78. The fourth-order valence-corrected chi connectivity index (χ4v) is 1.39. The van der Waals surface area contributed by atoms with Crippen molar-refractivity contribution in [3.8, 4) is 11.5 Å². The Morgan fingerprint density at radius 2 is 1.83 bits per heavy atom. The van der Waals surface area contributed by atoms with E-state index >= 15 is 0 Å². The van der Waals surface area contributed by atoms with Crippen molar-refractivity contribution < 1.29 is 15.0 Å². The van der Waals surface area contributed by atoms with Gasteiger partial charge in [-0.2, -0.15) is 0 Å². The molecule has 2 aromatic rings. The van der Waals surface area contributed by atoms with Gasteiger partial charge in [0.2, 0.25) is 0 Å². The number of aromatic nitrogens is 1. The second-order valence-electron chi connectivity index (χ2n) is 3.60. The summed E-state index contributed by atoms with van der Waals surface area (Å²) in [5.74, 6) is -0.871. The van der Waals surface area contributed by atoms with E-state index < -0.39 is 17.2 Å². The van der Waals surface area contributed by atoms with Gasteiger partial charge in [0.25, 0.3) is 11.5 Å². The number of aromatic amines is 1. The molecule has 6 heteroatoms.